The summed E-state index contributed by atoms with van der Waals surface area (Å²) < 4.78 is 15.0. The van der Waals surface area contributed by atoms with E-state index >= 15 is 0 Å². The van der Waals surface area contributed by atoms with Gasteiger partial charge in [-0.05, 0) is 31.6 Å². The first-order chi connectivity index (χ1) is 4.89. The van der Waals surface area contributed by atoms with E-state index in [0.717, 1.165) is 0 Å². The number of rotatable bonds is 0. The molecule has 0 spiro atoms. The molecular weight excluding hydrogens is 222 g/mol. The van der Waals surface area contributed by atoms with Crippen molar-refractivity contribution < 1.29 is 77.8 Å². The summed E-state index contributed by atoms with van der Waals surface area (Å²) >= 11 is 0. The maximum Gasteiger partial charge on any atom is 1.00 e. The van der Waals surface area contributed by atoms with Gasteiger partial charge in [0.2, 0.25) is 0 Å². The van der Waals surface area contributed by atoms with Crippen LogP contribution in [0.5, 0.6) is 0 Å². The molecule has 0 aromatic rings. The molecule has 0 aromatic heterocycles. The van der Waals surface area contributed by atoms with Crippen molar-refractivity contribution in [3.63, 3.8) is 0 Å². The third-order valence-electron chi connectivity index (χ3n) is 0.829. The second-order valence-corrected chi connectivity index (χ2v) is 1.46. The summed E-state index contributed by atoms with van der Waals surface area (Å²) in [5, 5.41) is 0. The van der Waals surface area contributed by atoms with Gasteiger partial charge in [-0.3, -0.25) is 0 Å². The Hall–Kier alpha value is 1.64. The Balaban J connectivity index is -0.0000000480. The molecule has 0 amide bonds. The minimum Gasteiger partial charge on any atom is 0 e. The van der Waals surface area contributed by atoms with Crippen LogP contribution >= 0.6 is 0 Å². The predicted octanol–water partition coefficient (Wildman–Crippen LogP) is -1.66. The summed E-state index contributed by atoms with van der Waals surface area (Å²) in [4.78, 5) is 0. The maximum absolute atomic E-state index is 7.50. The van der Waals surface area contributed by atoms with Crippen LogP contribution in [0.2, 0.25) is 0 Å². The Morgan fingerprint density at radius 3 is 1.33 bits per heavy atom. The van der Waals surface area contributed by atoms with Gasteiger partial charge in [-0.15, -0.1) is 0 Å². The Kier molecular flexibility index (Phi) is 44.8. The van der Waals surface area contributed by atoms with Crippen LogP contribution < -0.4 is 51.4 Å². The molecule has 0 saturated heterocycles. The second kappa shape index (κ2) is 22.9. The zero-order chi connectivity index (χ0) is 8.41. The molecule has 0 unspecified atom stereocenters. The Bertz CT molecular complexity index is 91.7. The van der Waals surface area contributed by atoms with Gasteiger partial charge in [0.15, 0.2) is 0 Å². The predicted molar refractivity (Wildman–Crippen MR) is 34.0 cm³/mol. The van der Waals surface area contributed by atoms with E-state index in [1.807, 2.05) is 12.8 Å². The van der Waals surface area contributed by atoms with Gasteiger partial charge in [-0.25, -0.2) is 0 Å². The fourth-order valence-corrected chi connectivity index (χ4v) is 0.470. The van der Waals surface area contributed by atoms with E-state index in [1.54, 1.807) is 0 Å². The summed E-state index contributed by atoms with van der Waals surface area (Å²) in [6, 6.07) is 0. The third kappa shape index (κ3) is 17.6. The largest absolute Gasteiger partial charge is 1.00 e. The second-order valence-electron chi connectivity index (χ2n) is 1.46. The summed E-state index contributed by atoms with van der Waals surface area (Å²) in [7, 11) is 0. The monoisotopic (exact) mass is 229 g/mol. The summed E-state index contributed by atoms with van der Waals surface area (Å²) in [6.45, 7) is 11.1. The van der Waals surface area contributed by atoms with Crippen molar-refractivity contribution in [3.05, 3.63) is 44.9 Å². The van der Waals surface area contributed by atoms with Gasteiger partial charge in [0.25, 0.3) is 0 Å². The van der Waals surface area contributed by atoms with Crippen molar-refractivity contribution >= 4 is 0 Å². The van der Waals surface area contributed by atoms with Gasteiger partial charge in [0.05, 0.1) is 0 Å². The molecule has 12 heavy (non-hydrogen) atoms. The molecule has 1 fully saturated rings. The number of hydrogen-bond acceptors (Lipinski definition) is 0. The topological polar surface area (TPSA) is 39.8 Å². The average Bonchev–Trinajstić information content (AvgIpc) is 2.48. The smallest absolute Gasteiger partial charge is 0 e. The molecule has 1 aliphatic carbocycles. The molecule has 1 saturated carbocycles. The first kappa shape index (κ1) is 23.4. The molecule has 0 aromatic carbocycles. The van der Waals surface area contributed by atoms with E-state index in [0.29, 0.717) is 0 Å². The SMILES string of the molecule is C[C]1[CH][CH][CH][CH]1.[C-]#[O+].[C-]#[O+].[K+].[Mn]. The van der Waals surface area contributed by atoms with Crippen LogP contribution in [0.15, 0.2) is 0 Å². The fraction of sp³-hybridized carbons (Fsp3) is 0.125. The van der Waals surface area contributed by atoms with Gasteiger partial charge >= 0.3 is 74.0 Å². The van der Waals surface area contributed by atoms with Gasteiger partial charge in [0, 0.05) is 17.1 Å². The van der Waals surface area contributed by atoms with Gasteiger partial charge in [-0.1, -0.05) is 6.92 Å². The zero-order valence-electron chi connectivity index (χ0n) is 7.00. The minimum atomic E-state index is 0. The van der Waals surface area contributed by atoms with Crippen molar-refractivity contribution in [2.24, 2.45) is 0 Å². The standard InChI is InChI=1S/C6H7.2CO.K.Mn/c1-6-4-2-3-5-6;2*1-2;;/h2-5H,1H3;;;;/q;;;+1;. The van der Waals surface area contributed by atoms with Crippen LogP contribution in [-0.4, -0.2) is 0 Å². The van der Waals surface area contributed by atoms with Crippen LogP contribution in [0.3, 0.4) is 0 Å². The molecule has 0 atom stereocenters. The van der Waals surface area contributed by atoms with E-state index in [-0.39, 0.29) is 68.5 Å². The molecule has 0 heterocycles. The van der Waals surface area contributed by atoms with E-state index < -0.39 is 0 Å². The van der Waals surface area contributed by atoms with E-state index in [4.69, 9.17) is 9.30 Å². The van der Waals surface area contributed by atoms with Crippen molar-refractivity contribution in [2.75, 3.05) is 0 Å². The molecule has 0 aliphatic heterocycles. The molecule has 0 N–H and O–H groups in total. The Morgan fingerprint density at radius 1 is 1.00 bits per heavy atom. The van der Waals surface area contributed by atoms with Crippen molar-refractivity contribution in [1.82, 2.24) is 0 Å². The summed E-state index contributed by atoms with van der Waals surface area (Å²) in [5.74, 6) is 1.34. The minimum absolute atomic E-state index is 0. The van der Waals surface area contributed by atoms with Crippen molar-refractivity contribution in [1.29, 1.82) is 0 Å². The molecule has 6 radical (unpaired) electrons. The van der Waals surface area contributed by atoms with Crippen molar-refractivity contribution in [3.8, 4) is 0 Å². The quantitative estimate of drug-likeness (QED) is 0.271. The summed E-state index contributed by atoms with van der Waals surface area (Å²) in [6.07, 6.45) is 8.24. The third-order valence-corrected chi connectivity index (χ3v) is 0.829. The number of hydrogen-bond donors (Lipinski definition) is 0. The van der Waals surface area contributed by atoms with E-state index in [1.165, 1.54) is 5.92 Å². The van der Waals surface area contributed by atoms with Crippen molar-refractivity contribution in [2.45, 2.75) is 6.92 Å². The average molecular weight is 229 g/mol. The van der Waals surface area contributed by atoms with Crippen LogP contribution in [0.25, 0.3) is 0 Å². The van der Waals surface area contributed by atoms with Gasteiger partial charge < -0.3 is 0 Å². The molecule has 2 nitrogen and oxygen atoms in total. The normalized spacial score (nSPS) is 13.1. The first-order valence-corrected chi connectivity index (χ1v) is 2.49. The van der Waals surface area contributed by atoms with E-state index in [9.17, 15) is 0 Å². The molecule has 1 aliphatic rings. The van der Waals surface area contributed by atoms with Crippen LogP contribution in [0, 0.1) is 44.9 Å². The first-order valence-electron chi connectivity index (χ1n) is 2.49. The molecule has 0 bridgehead atoms. The maximum atomic E-state index is 7.50. The van der Waals surface area contributed by atoms with Crippen LogP contribution in [-0.2, 0) is 26.4 Å². The Morgan fingerprint density at radius 2 is 1.25 bits per heavy atom. The Labute approximate surface area is 128 Å². The van der Waals surface area contributed by atoms with E-state index in [2.05, 4.69) is 33.1 Å². The molecule has 58 valence electrons. The van der Waals surface area contributed by atoms with Crippen LogP contribution in [0.4, 0.5) is 0 Å². The molecule has 1 rings (SSSR count). The van der Waals surface area contributed by atoms with Gasteiger partial charge in [-0.2, -0.15) is 0 Å². The zero-order valence-corrected chi connectivity index (χ0v) is 11.3. The van der Waals surface area contributed by atoms with Gasteiger partial charge in [0.1, 0.15) is 0 Å². The van der Waals surface area contributed by atoms with Crippen LogP contribution in [0.1, 0.15) is 6.92 Å². The molecular formula is C8H7KMnO2+. The molecule has 4 heteroatoms. The summed E-state index contributed by atoms with van der Waals surface area (Å²) in [5.41, 5.74) is 0. The fourth-order valence-electron chi connectivity index (χ4n) is 0.470.